The molecule has 7 heteroatoms. The van der Waals surface area contributed by atoms with E-state index in [9.17, 15) is 0 Å². The van der Waals surface area contributed by atoms with Crippen molar-refractivity contribution in [2.45, 2.75) is 20.4 Å². The summed E-state index contributed by atoms with van der Waals surface area (Å²) in [7, 11) is 1.60. The zero-order valence-corrected chi connectivity index (χ0v) is 15.0. The fourth-order valence-electron chi connectivity index (χ4n) is 2.36. The number of halogens is 1. The van der Waals surface area contributed by atoms with Crippen LogP contribution in [0.25, 0.3) is 0 Å². The molecule has 0 saturated heterocycles. The average molecular weight is 359 g/mol. The van der Waals surface area contributed by atoms with Crippen molar-refractivity contribution in [2.24, 2.45) is 0 Å². The smallest absolute Gasteiger partial charge is 0.229 e. The highest BCUT2D eigenvalue weighted by Crippen LogP contribution is 2.32. The molecular weight excluding hydrogens is 340 g/mol. The first-order valence-corrected chi connectivity index (χ1v) is 8.16. The first-order chi connectivity index (χ1) is 12.0. The lowest BCUT2D eigenvalue weighted by atomic mass is 10.2. The van der Waals surface area contributed by atoms with Gasteiger partial charge >= 0.3 is 0 Å². The van der Waals surface area contributed by atoms with Gasteiger partial charge in [0.1, 0.15) is 17.3 Å². The maximum absolute atomic E-state index is 6.15. The minimum Gasteiger partial charge on any atom is -0.495 e. The van der Waals surface area contributed by atoms with Crippen molar-refractivity contribution in [3.05, 3.63) is 58.6 Å². The highest BCUT2D eigenvalue weighted by molar-refractivity contribution is 6.31. The quantitative estimate of drug-likeness (QED) is 0.665. The number of aromatic nitrogens is 2. The number of hydrogen-bond donors (Lipinski definition) is 2. The van der Waals surface area contributed by atoms with E-state index in [1.54, 1.807) is 19.4 Å². The summed E-state index contributed by atoms with van der Waals surface area (Å²) in [4.78, 5) is 8.92. The third-order valence-corrected chi connectivity index (χ3v) is 4.01. The molecule has 0 fully saturated rings. The lowest BCUT2D eigenvalue weighted by molar-refractivity contribution is 0.416. The predicted octanol–water partition coefficient (Wildman–Crippen LogP) is 4.70. The summed E-state index contributed by atoms with van der Waals surface area (Å²) in [6.45, 7) is 4.39. The molecule has 2 aromatic heterocycles. The molecule has 0 radical (unpaired) electrons. The van der Waals surface area contributed by atoms with E-state index >= 15 is 0 Å². The summed E-state index contributed by atoms with van der Waals surface area (Å²) >= 11 is 6.15. The van der Waals surface area contributed by atoms with Gasteiger partial charge in [0.05, 0.1) is 25.6 Å². The number of hydrogen-bond acceptors (Lipinski definition) is 6. The van der Waals surface area contributed by atoms with Crippen LogP contribution in [0.5, 0.6) is 5.75 Å². The first-order valence-electron chi connectivity index (χ1n) is 7.78. The first kappa shape index (κ1) is 17.1. The SMILES string of the molecule is COc1cc(Cl)c(C)cc1Nc1nc(C)cc(NCc2ccco2)n1. The number of benzene rings is 1. The van der Waals surface area contributed by atoms with Gasteiger partial charge in [-0.25, -0.2) is 4.98 Å². The maximum atomic E-state index is 6.15. The van der Waals surface area contributed by atoms with Crippen molar-refractivity contribution in [1.82, 2.24) is 9.97 Å². The molecule has 3 aromatic rings. The summed E-state index contributed by atoms with van der Waals surface area (Å²) in [5.41, 5.74) is 2.53. The Morgan fingerprint density at radius 3 is 2.76 bits per heavy atom. The molecule has 1 aromatic carbocycles. The molecule has 3 rings (SSSR count). The van der Waals surface area contributed by atoms with E-state index in [2.05, 4.69) is 20.6 Å². The molecule has 0 bridgehead atoms. The molecule has 0 unspecified atom stereocenters. The second-order valence-electron chi connectivity index (χ2n) is 5.58. The molecule has 0 saturated carbocycles. The topological polar surface area (TPSA) is 72.2 Å². The highest BCUT2D eigenvalue weighted by atomic mass is 35.5. The van der Waals surface area contributed by atoms with Crippen molar-refractivity contribution < 1.29 is 9.15 Å². The molecule has 2 heterocycles. The minimum atomic E-state index is 0.474. The Morgan fingerprint density at radius 1 is 1.20 bits per heavy atom. The number of nitrogens with one attached hydrogen (secondary N) is 2. The van der Waals surface area contributed by atoms with Gasteiger partial charge in [0.2, 0.25) is 5.95 Å². The summed E-state index contributed by atoms with van der Waals surface area (Å²) in [5.74, 6) is 2.64. The second-order valence-corrected chi connectivity index (χ2v) is 5.98. The molecule has 2 N–H and O–H groups in total. The number of anilines is 3. The van der Waals surface area contributed by atoms with E-state index in [-0.39, 0.29) is 0 Å². The largest absolute Gasteiger partial charge is 0.495 e. The molecule has 25 heavy (non-hydrogen) atoms. The van der Waals surface area contributed by atoms with Gasteiger partial charge < -0.3 is 19.8 Å². The van der Waals surface area contributed by atoms with Crippen LogP contribution in [0.3, 0.4) is 0 Å². The van der Waals surface area contributed by atoms with Crippen LogP contribution in [0.4, 0.5) is 17.5 Å². The number of ether oxygens (including phenoxy) is 1. The molecule has 130 valence electrons. The van der Waals surface area contributed by atoms with E-state index < -0.39 is 0 Å². The summed E-state index contributed by atoms with van der Waals surface area (Å²) in [6, 6.07) is 9.30. The van der Waals surface area contributed by atoms with Gasteiger partial charge in [-0.1, -0.05) is 11.6 Å². The predicted molar refractivity (Wildman–Crippen MR) is 98.8 cm³/mol. The molecular formula is C18H19ClN4O2. The fourth-order valence-corrected chi connectivity index (χ4v) is 2.51. The number of methoxy groups -OCH3 is 1. The van der Waals surface area contributed by atoms with Gasteiger partial charge in [0.15, 0.2) is 0 Å². The zero-order chi connectivity index (χ0) is 17.8. The van der Waals surface area contributed by atoms with Crippen LogP contribution in [0.1, 0.15) is 17.0 Å². The molecule has 0 aliphatic carbocycles. The monoisotopic (exact) mass is 358 g/mol. The molecule has 0 amide bonds. The van der Waals surface area contributed by atoms with Crippen molar-refractivity contribution in [1.29, 1.82) is 0 Å². The third kappa shape index (κ3) is 4.22. The maximum Gasteiger partial charge on any atom is 0.229 e. The van der Waals surface area contributed by atoms with Crippen molar-refractivity contribution >= 4 is 29.1 Å². The lowest BCUT2D eigenvalue weighted by Crippen LogP contribution is -2.06. The minimum absolute atomic E-state index is 0.474. The summed E-state index contributed by atoms with van der Waals surface area (Å²) < 4.78 is 10.7. The van der Waals surface area contributed by atoms with E-state index in [1.165, 1.54) is 0 Å². The van der Waals surface area contributed by atoms with E-state index in [0.29, 0.717) is 29.1 Å². The van der Waals surface area contributed by atoms with Gasteiger partial charge in [-0.2, -0.15) is 4.98 Å². The Hall–Kier alpha value is -2.73. The van der Waals surface area contributed by atoms with Gasteiger partial charge in [0, 0.05) is 22.8 Å². The van der Waals surface area contributed by atoms with Crippen molar-refractivity contribution in [2.75, 3.05) is 17.7 Å². The van der Waals surface area contributed by atoms with Crippen LogP contribution in [0.2, 0.25) is 5.02 Å². The van der Waals surface area contributed by atoms with Gasteiger partial charge in [-0.15, -0.1) is 0 Å². The number of aryl methyl sites for hydroxylation is 2. The Kier molecular flexibility index (Phi) is 5.09. The fraction of sp³-hybridized carbons (Fsp3) is 0.222. The second kappa shape index (κ2) is 7.44. The average Bonchev–Trinajstić information content (AvgIpc) is 3.09. The Labute approximate surface area is 151 Å². The van der Waals surface area contributed by atoms with Crippen LogP contribution in [0, 0.1) is 13.8 Å². The molecule has 0 aliphatic rings. The van der Waals surface area contributed by atoms with Gasteiger partial charge in [-0.3, -0.25) is 0 Å². The van der Waals surface area contributed by atoms with E-state index in [4.69, 9.17) is 20.8 Å². The van der Waals surface area contributed by atoms with Crippen LogP contribution >= 0.6 is 11.6 Å². The highest BCUT2D eigenvalue weighted by Gasteiger charge is 2.10. The van der Waals surface area contributed by atoms with Crippen LogP contribution < -0.4 is 15.4 Å². The Morgan fingerprint density at radius 2 is 2.04 bits per heavy atom. The number of rotatable bonds is 6. The summed E-state index contributed by atoms with van der Waals surface area (Å²) in [5, 5.41) is 7.07. The lowest BCUT2D eigenvalue weighted by Gasteiger charge is -2.13. The Balaban J connectivity index is 1.82. The van der Waals surface area contributed by atoms with Crippen LogP contribution in [0.15, 0.2) is 41.0 Å². The number of nitrogens with zero attached hydrogens (tertiary/aromatic N) is 2. The van der Waals surface area contributed by atoms with Crippen molar-refractivity contribution in [3.63, 3.8) is 0 Å². The standard InChI is InChI=1S/C18H19ClN4O2/c1-11-7-15(16(24-3)9-14(11)19)22-18-21-12(2)8-17(23-18)20-10-13-5-4-6-25-13/h4-9H,10H2,1-3H3,(H2,20,21,22,23). The number of furan rings is 1. The van der Waals surface area contributed by atoms with Gasteiger partial charge in [0.25, 0.3) is 0 Å². The van der Waals surface area contributed by atoms with Crippen molar-refractivity contribution in [3.8, 4) is 5.75 Å². The third-order valence-electron chi connectivity index (χ3n) is 3.61. The van der Waals surface area contributed by atoms with E-state index in [0.717, 1.165) is 22.7 Å². The van der Waals surface area contributed by atoms with Crippen LogP contribution in [-0.2, 0) is 6.54 Å². The molecule has 6 nitrogen and oxygen atoms in total. The van der Waals surface area contributed by atoms with E-state index in [1.807, 2.05) is 38.1 Å². The van der Waals surface area contributed by atoms with Gasteiger partial charge in [-0.05, 0) is 37.6 Å². The summed E-state index contributed by atoms with van der Waals surface area (Å²) in [6.07, 6.45) is 1.64. The normalized spacial score (nSPS) is 10.6. The molecule has 0 aliphatic heterocycles. The zero-order valence-electron chi connectivity index (χ0n) is 14.3. The molecule has 0 spiro atoms. The Bertz CT molecular complexity index is 866. The molecule has 0 atom stereocenters. The van der Waals surface area contributed by atoms with Crippen LogP contribution in [-0.4, -0.2) is 17.1 Å².